The van der Waals surface area contributed by atoms with Crippen LogP contribution < -0.4 is 10.6 Å². The van der Waals surface area contributed by atoms with Gasteiger partial charge in [-0.1, -0.05) is 20.8 Å². The number of alkyl halides is 6. The molecule has 4 atom stereocenters. The van der Waals surface area contributed by atoms with E-state index in [2.05, 4.69) is 0 Å². The molecule has 29 heavy (non-hydrogen) atoms. The molecule has 0 aromatic carbocycles. The molecule has 0 saturated carbocycles. The Balaban J connectivity index is 3.09. The van der Waals surface area contributed by atoms with Crippen LogP contribution in [0.3, 0.4) is 0 Å². The second kappa shape index (κ2) is 8.42. The lowest BCUT2D eigenvalue weighted by Gasteiger charge is -2.45. The SMILES string of the molecule is C[C@@H]1O[C@H](O[Si](C)(C)C(C)(C)C)C[C@H](NC(=O)C(F)(F)F)[C@H]1NC(=O)C(F)(F)F. The minimum Gasteiger partial charge on any atom is -0.392 e. The normalized spacial score (nSPS) is 26.8. The fourth-order valence-electron chi connectivity index (χ4n) is 2.49. The van der Waals surface area contributed by atoms with Crippen molar-refractivity contribution in [2.24, 2.45) is 0 Å². The number of hydrogen-bond donors (Lipinski definition) is 2. The van der Waals surface area contributed by atoms with Crippen molar-refractivity contribution in [1.82, 2.24) is 10.6 Å². The maximum atomic E-state index is 12.7. The highest BCUT2D eigenvalue weighted by Gasteiger charge is 2.49. The number of carbonyl (C=O) groups is 2. The van der Waals surface area contributed by atoms with Gasteiger partial charge in [-0.15, -0.1) is 0 Å². The molecule has 0 bridgehead atoms. The smallest absolute Gasteiger partial charge is 0.392 e. The fourth-order valence-corrected chi connectivity index (χ4v) is 3.65. The standard InChI is InChI=1S/C16H26F6N2O4Si/c1-8-11(24-13(26)16(20,21)22)9(23-12(25)15(17,18)19)7-10(27-8)28-29(5,6)14(2,3)4/h8-11H,7H2,1-6H3,(H,23,25)(H,24,26)/t8-,9-,10+,11-/m0/s1. The van der Waals surface area contributed by atoms with Crippen molar-refractivity contribution in [3.05, 3.63) is 0 Å². The van der Waals surface area contributed by atoms with Crippen LogP contribution in [-0.2, 0) is 18.8 Å². The summed E-state index contributed by atoms with van der Waals surface area (Å²) in [5, 5.41) is 3.00. The van der Waals surface area contributed by atoms with Gasteiger partial charge >= 0.3 is 24.2 Å². The van der Waals surface area contributed by atoms with E-state index >= 15 is 0 Å². The van der Waals surface area contributed by atoms with Gasteiger partial charge in [0.2, 0.25) is 0 Å². The lowest BCUT2D eigenvalue weighted by Crippen LogP contribution is -2.65. The molecule has 0 spiro atoms. The van der Waals surface area contributed by atoms with Gasteiger partial charge in [-0.25, -0.2) is 0 Å². The zero-order chi connectivity index (χ0) is 23.0. The second-order valence-corrected chi connectivity index (χ2v) is 13.2. The Morgan fingerprint density at radius 2 is 1.41 bits per heavy atom. The highest BCUT2D eigenvalue weighted by molar-refractivity contribution is 6.74. The number of hydrogen-bond acceptors (Lipinski definition) is 4. The van der Waals surface area contributed by atoms with Gasteiger partial charge in [-0.2, -0.15) is 26.3 Å². The number of amides is 2. The van der Waals surface area contributed by atoms with Gasteiger partial charge in [0.1, 0.15) is 6.29 Å². The third-order valence-electron chi connectivity index (χ3n) is 5.11. The molecule has 1 aliphatic heterocycles. The van der Waals surface area contributed by atoms with Crippen molar-refractivity contribution in [3.8, 4) is 0 Å². The number of halogens is 6. The van der Waals surface area contributed by atoms with E-state index in [1.165, 1.54) is 6.92 Å². The monoisotopic (exact) mass is 452 g/mol. The van der Waals surface area contributed by atoms with Crippen molar-refractivity contribution >= 4 is 20.1 Å². The van der Waals surface area contributed by atoms with Crippen LogP contribution >= 0.6 is 0 Å². The first-order valence-corrected chi connectivity index (χ1v) is 11.7. The molecule has 6 nitrogen and oxygen atoms in total. The molecule has 0 aliphatic carbocycles. The molecule has 0 radical (unpaired) electrons. The van der Waals surface area contributed by atoms with Crippen LogP contribution in [-0.4, -0.2) is 57.0 Å². The van der Waals surface area contributed by atoms with Crippen molar-refractivity contribution in [2.75, 3.05) is 0 Å². The quantitative estimate of drug-likeness (QED) is 0.507. The van der Waals surface area contributed by atoms with Gasteiger partial charge in [0.25, 0.3) is 0 Å². The van der Waals surface area contributed by atoms with E-state index in [1.807, 2.05) is 33.9 Å². The van der Waals surface area contributed by atoms with Gasteiger partial charge in [0.05, 0.1) is 18.2 Å². The number of nitrogens with one attached hydrogen (secondary N) is 2. The maximum Gasteiger partial charge on any atom is 0.471 e. The van der Waals surface area contributed by atoms with Crippen LogP contribution in [0.25, 0.3) is 0 Å². The van der Waals surface area contributed by atoms with Gasteiger partial charge in [0.15, 0.2) is 8.32 Å². The van der Waals surface area contributed by atoms with Crippen LogP contribution in [0.15, 0.2) is 0 Å². The van der Waals surface area contributed by atoms with E-state index < -0.39 is 57.0 Å². The minimum absolute atomic E-state index is 0.272. The largest absolute Gasteiger partial charge is 0.471 e. The Bertz CT molecular complexity index is 618. The molecule has 2 amide bonds. The summed E-state index contributed by atoms with van der Waals surface area (Å²) >= 11 is 0. The molecular formula is C16H26F6N2O4Si. The summed E-state index contributed by atoms with van der Waals surface area (Å²) in [6.45, 7) is 10.8. The summed E-state index contributed by atoms with van der Waals surface area (Å²) in [6, 6.07) is -3.01. The summed E-state index contributed by atoms with van der Waals surface area (Å²) in [5.74, 6) is -4.66. The number of rotatable bonds is 4. The van der Waals surface area contributed by atoms with Crippen LogP contribution in [0.1, 0.15) is 34.1 Å². The summed E-state index contributed by atoms with van der Waals surface area (Å²) in [5.41, 5.74) is 0. The van der Waals surface area contributed by atoms with E-state index in [4.69, 9.17) is 9.16 Å². The van der Waals surface area contributed by atoms with Crippen molar-refractivity contribution in [1.29, 1.82) is 0 Å². The van der Waals surface area contributed by atoms with Crippen LogP contribution in [0.4, 0.5) is 26.3 Å². The molecule has 0 unspecified atom stereocenters. The topological polar surface area (TPSA) is 76.7 Å². The number of ether oxygens (including phenoxy) is 1. The first kappa shape index (κ1) is 25.7. The molecule has 1 heterocycles. The van der Waals surface area contributed by atoms with Crippen molar-refractivity contribution in [3.63, 3.8) is 0 Å². The molecule has 170 valence electrons. The molecule has 0 aromatic heterocycles. The molecule has 13 heteroatoms. The van der Waals surface area contributed by atoms with E-state index in [-0.39, 0.29) is 11.5 Å². The highest BCUT2D eigenvalue weighted by Crippen LogP contribution is 2.39. The van der Waals surface area contributed by atoms with Crippen molar-refractivity contribution < 1.29 is 45.1 Å². The third kappa shape index (κ3) is 6.85. The zero-order valence-electron chi connectivity index (χ0n) is 16.9. The van der Waals surface area contributed by atoms with Crippen LogP contribution in [0.5, 0.6) is 0 Å². The van der Waals surface area contributed by atoms with E-state index in [0.717, 1.165) is 0 Å². The van der Waals surface area contributed by atoms with E-state index in [9.17, 15) is 35.9 Å². The second-order valence-electron chi connectivity index (χ2n) is 8.46. The maximum absolute atomic E-state index is 12.7. The first-order chi connectivity index (χ1) is 12.8. The summed E-state index contributed by atoms with van der Waals surface area (Å²) < 4.78 is 87.3. The lowest BCUT2D eigenvalue weighted by atomic mass is 9.96. The van der Waals surface area contributed by atoms with E-state index in [1.54, 1.807) is 10.6 Å². The van der Waals surface area contributed by atoms with Gasteiger partial charge in [-0.3, -0.25) is 9.59 Å². The predicted octanol–water partition coefficient (Wildman–Crippen LogP) is 3.24. The first-order valence-electron chi connectivity index (χ1n) is 8.84. The van der Waals surface area contributed by atoms with Crippen LogP contribution in [0.2, 0.25) is 18.1 Å². The number of carbonyl (C=O) groups excluding carboxylic acids is 2. The Morgan fingerprint density at radius 1 is 0.966 bits per heavy atom. The highest BCUT2D eigenvalue weighted by atomic mass is 28.4. The summed E-state index contributed by atoms with van der Waals surface area (Å²) in [7, 11) is -2.44. The third-order valence-corrected chi connectivity index (χ3v) is 9.58. The Labute approximate surface area is 165 Å². The minimum atomic E-state index is -5.24. The lowest BCUT2D eigenvalue weighted by molar-refractivity contribution is -0.191. The van der Waals surface area contributed by atoms with Gasteiger partial charge < -0.3 is 19.8 Å². The zero-order valence-corrected chi connectivity index (χ0v) is 17.9. The Kier molecular flexibility index (Phi) is 7.46. The fraction of sp³-hybridized carbons (Fsp3) is 0.875. The molecule has 1 saturated heterocycles. The molecule has 2 N–H and O–H groups in total. The average Bonchev–Trinajstić information content (AvgIpc) is 2.46. The van der Waals surface area contributed by atoms with Gasteiger partial charge in [-0.05, 0) is 25.1 Å². The average molecular weight is 452 g/mol. The molecular weight excluding hydrogens is 426 g/mol. The Hall–Kier alpha value is -1.34. The predicted molar refractivity (Wildman–Crippen MR) is 93.2 cm³/mol. The molecule has 1 aliphatic rings. The van der Waals surface area contributed by atoms with Crippen molar-refractivity contribution in [2.45, 2.75) is 89.1 Å². The molecule has 1 fully saturated rings. The van der Waals surface area contributed by atoms with E-state index in [0.29, 0.717) is 0 Å². The Morgan fingerprint density at radius 3 is 1.83 bits per heavy atom. The summed E-state index contributed by atoms with van der Waals surface area (Å²) in [4.78, 5) is 22.7. The van der Waals surface area contributed by atoms with Crippen LogP contribution in [0, 0.1) is 0 Å². The van der Waals surface area contributed by atoms with Gasteiger partial charge in [0, 0.05) is 6.42 Å². The summed E-state index contributed by atoms with van der Waals surface area (Å²) in [6.07, 6.45) is -13.0. The molecule has 0 aromatic rings. The molecule has 1 rings (SSSR count).